The number of aromatic nitrogens is 2. The van der Waals surface area contributed by atoms with Crippen molar-refractivity contribution in [2.75, 3.05) is 5.32 Å². The molecule has 0 unspecified atom stereocenters. The molecule has 0 aliphatic carbocycles. The van der Waals surface area contributed by atoms with Gasteiger partial charge in [-0.05, 0) is 29.8 Å². The van der Waals surface area contributed by atoms with Crippen LogP contribution in [0, 0.1) is 0 Å². The average Bonchev–Trinajstić information content (AvgIpc) is 2.82. The number of hydrogen-bond donors (Lipinski definition) is 1. The number of imidazole rings is 1. The van der Waals surface area contributed by atoms with Gasteiger partial charge in [-0.3, -0.25) is 9.20 Å². The van der Waals surface area contributed by atoms with Crippen LogP contribution in [0.5, 0.6) is 0 Å². The smallest absolute Gasteiger partial charge is 0.229 e. The molecule has 0 bridgehead atoms. The molecule has 4 nitrogen and oxygen atoms in total. The van der Waals surface area contributed by atoms with E-state index < -0.39 is 0 Å². The lowest BCUT2D eigenvalue weighted by molar-refractivity contribution is -0.115. The third-order valence-electron chi connectivity index (χ3n) is 2.94. The number of carbonyl (C=O) groups is 1. The van der Waals surface area contributed by atoms with Crippen LogP contribution in [-0.2, 0) is 11.2 Å². The summed E-state index contributed by atoms with van der Waals surface area (Å²) in [6.07, 6.45) is 3.78. The molecule has 3 rings (SSSR count). The molecule has 5 heteroatoms. The molecule has 0 radical (unpaired) electrons. The molecule has 1 aromatic carbocycles. The minimum absolute atomic E-state index is 0.0991. The Morgan fingerprint density at radius 3 is 3.00 bits per heavy atom. The summed E-state index contributed by atoms with van der Waals surface area (Å²) in [7, 11) is 0. The third-order valence-corrected chi connectivity index (χ3v) is 3.17. The number of nitrogens with one attached hydrogen (secondary N) is 1. The van der Waals surface area contributed by atoms with Crippen LogP contribution in [0.15, 0.2) is 54.9 Å². The number of rotatable bonds is 3. The van der Waals surface area contributed by atoms with E-state index in [1.54, 1.807) is 18.3 Å². The van der Waals surface area contributed by atoms with E-state index in [1.165, 1.54) is 0 Å². The summed E-state index contributed by atoms with van der Waals surface area (Å²) < 4.78 is 1.83. The lowest BCUT2D eigenvalue weighted by atomic mass is 10.1. The van der Waals surface area contributed by atoms with Crippen LogP contribution in [0.25, 0.3) is 5.65 Å². The topological polar surface area (TPSA) is 46.4 Å². The molecule has 0 fully saturated rings. The minimum Gasteiger partial charge on any atom is -0.310 e. The first-order chi connectivity index (χ1) is 9.72. The summed E-state index contributed by atoms with van der Waals surface area (Å²) in [5.74, 6) is 0.561. The van der Waals surface area contributed by atoms with Gasteiger partial charge in [-0.25, -0.2) is 4.98 Å². The fourth-order valence-electron chi connectivity index (χ4n) is 2.04. The Labute approximate surface area is 121 Å². The first-order valence-electron chi connectivity index (χ1n) is 6.19. The lowest BCUT2D eigenvalue weighted by Gasteiger charge is -2.05. The minimum atomic E-state index is -0.0991. The molecule has 0 aliphatic rings. The van der Waals surface area contributed by atoms with E-state index in [9.17, 15) is 4.79 Å². The largest absolute Gasteiger partial charge is 0.310 e. The molecule has 2 aromatic heterocycles. The number of anilines is 1. The fraction of sp³-hybridized carbons (Fsp3) is 0.0667. The summed E-state index contributed by atoms with van der Waals surface area (Å²) in [4.78, 5) is 16.3. The Balaban J connectivity index is 1.76. The fourth-order valence-corrected chi connectivity index (χ4v) is 2.26. The summed E-state index contributed by atoms with van der Waals surface area (Å²) in [5, 5.41) is 3.48. The lowest BCUT2D eigenvalue weighted by Crippen LogP contribution is -2.15. The summed E-state index contributed by atoms with van der Waals surface area (Å²) >= 11 is 5.90. The highest BCUT2D eigenvalue weighted by Gasteiger charge is 2.08. The van der Waals surface area contributed by atoms with Gasteiger partial charge in [0, 0.05) is 11.2 Å². The van der Waals surface area contributed by atoms with Gasteiger partial charge < -0.3 is 5.32 Å². The van der Waals surface area contributed by atoms with Gasteiger partial charge in [0.1, 0.15) is 11.5 Å². The van der Waals surface area contributed by atoms with Gasteiger partial charge in [0.05, 0.1) is 12.6 Å². The van der Waals surface area contributed by atoms with Crippen molar-refractivity contribution in [1.82, 2.24) is 9.38 Å². The molecule has 3 aromatic rings. The van der Waals surface area contributed by atoms with Gasteiger partial charge in [0.15, 0.2) is 0 Å². The second-order valence-electron chi connectivity index (χ2n) is 4.43. The van der Waals surface area contributed by atoms with E-state index in [2.05, 4.69) is 10.3 Å². The standard InChI is InChI=1S/C15H12ClN3O/c16-12-5-3-4-11(8-12)9-15(20)18-14-10-17-13-6-1-2-7-19(13)14/h1-8,10H,9H2,(H,18,20). The molecule has 0 saturated carbocycles. The highest BCUT2D eigenvalue weighted by Crippen LogP contribution is 2.14. The molecule has 1 amide bonds. The maximum absolute atomic E-state index is 12.0. The predicted molar refractivity (Wildman–Crippen MR) is 79.0 cm³/mol. The second kappa shape index (κ2) is 5.35. The van der Waals surface area contributed by atoms with Crippen molar-refractivity contribution in [2.24, 2.45) is 0 Å². The average molecular weight is 286 g/mol. The zero-order chi connectivity index (χ0) is 13.9. The van der Waals surface area contributed by atoms with Crippen LogP contribution < -0.4 is 5.32 Å². The number of amides is 1. The molecule has 0 atom stereocenters. The molecule has 100 valence electrons. The Morgan fingerprint density at radius 1 is 1.25 bits per heavy atom. The molecule has 0 spiro atoms. The van der Waals surface area contributed by atoms with Crippen molar-refractivity contribution < 1.29 is 4.79 Å². The SMILES string of the molecule is O=C(Cc1cccc(Cl)c1)Nc1cnc2ccccn12. The van der Waals surface area contributed by atoms with Gasteiger partial charge >= 0.3 is 0 Å². The van der Waals surface area contributed by atoms with Crippen LogP contribution in [0.3, 0.4) is 0 Å². The Kier molecular flexibility index (Phi) is 3.39. The van der Waals surface area contributed by atoms with Crippen molar-refractivity contribution in [2.45, 2.75) is 6.42 Å². The van der Waals surface area contributed by atoms with E-state index in [0.29, 0.717) is 10.8 Å². The number of nitrogens with zero attached hydrogens (tertiary/aromatic N) is 2. The Morgan fingerprint density at radius 2 is 2.15 bits per heavy atom. The molecular weight excluding hydrogens is 274 g/mol. The van der Waals surface area contributed by atoms with Crippen LogP contribution in [-0.4, -0.2) is 15.3 Å². The summed E-state index contributed by atoms with van der Waals surface area (Å²) in [6.45, 7) is 0. The molecule has 1 N–H and O–H groups in total. The van der Waals surface area contributed by atoms with E-state index >= 15 is 0 Å². The monoisotopic (exact) mass is 285 g/mol. The van der Waals surface area contributed by atoms with E-state index in [-0.39, 0.29) is 12.3 Å². The molecular formula is C15H12ClN3O. The van der Waals surface area contributed by atoms with E-state index in [1.807, 2.05) is 40.9 Å². The van der Waals surface area contributed by atoms with Crippen molar-refractivity contribution in [3.8, 4) is 0 Å². The number of benzene rings is 1. The Hall–Kier alpha value is -2.33. The molecule has 0 saturated heterocycles. The van der Waals surface area contributed by atoms with Gasteiger partial charge in [-0.2, -0.15) is 0 Å². The van der Waals surface area contributed by atoms with E-state index in [0.717, 1.165) is 11.2 Å². The van der Waals surface area contributed by atoms with Crippen molar-refractivity contribution in [3.05, 3.63) is 65.4 Å². The molecule has 2 heterocycles. The van der Waals surface area contributed by atoms with Crippen LogP contribution >= 0.6 is 11.6 Å². The second-order valence-corrected chi connectivity index (χ2v) is 4.86. The predicted octanol–water partition coefficient (Wildman–Crippen LogP) is 3.17. The van der Waals surface area contributed by atoms with Crippen LogP contribution in [0.4, 0.5) is 5.82 Å². The first kappa shape index (κ1) is 12.7. The number of carbonyl (C=O) groups excluding carboxylic acids is 1. The highest BCUT2D eigenvalue weighted by molar-refractivity contribution is 6.30. The highest BCUT2D eigenvalue weighted by atomic mass is 35.5. The van der Waals surface area contributed by atoms with Crippen molar-refractivity contribution in [1.29, 1.82) is 0 Å². The van der Waals surface area contributed by atoms with Gasteiger partial charge in [0.2, 0.25) is 5.91 Å². The van der Waals surface area contributed by atoms with Crippen molar-refractivity contribution >= 4 is 29.0 Å². The quantitative estimate of drug-likeness (QED) is 0.803. The van der Waals surface area contributed by atoms with Gasteiger partial charge in [-0.15, -0.1) is 0 Å². The first-order valence-corrected chi connectivity index (χ1v) is 6.56. The summed E-state index contributed by atoms with van der Waals surface area (Å²) in [6, 6.07) is 13.0. The summed E-state index contributed by atoms with van der Waals surface area (Å²) in [5.41, 5.74) is 1.68. The van der Waals surface area contributed by atoms with Crippen molar-refractivity contribution in [3.63, 3.8) is 0 Å². The Bertz CT molecular complexity index is 766. The van der Waals surface area contributed by atoms with Crippen LogP contribution in [0.2, 0.25) is 5.02 Å². The molecule has 0 aliphatic heterocycles. The number of hydrogen-bond acceptors (Lipinski definition) is 2. The zero-order valence-electron chi connectivity index (χ0n) is 10.6. The number of halogens is 1. The number of fused-ring (bicyclic) bond motifs is 1. The van der Waals surface area contributed by atoms with E-state index in [4.69, 9.17) is 11.6 Å². The van der Waals surface area contributed by atoms with Gasteiger partial charge in [0.25, 0.3) is 0 Å². The number of pyridine rings is 1. The maximum Gasteiger partial charge on any atom is 0.229 e. The maximum atomic E-state index is 12.0. The van der Waals surface area contributed by atoms with Gasteiger partial charge in [-0.1, -0.05) is 29.8 Å². The zero-order valence-corrected chi connectivity index (χ0v) is 11.3. The molecule has 20 heavy (non-hydrogen) atoms. The third kappa shape index (κ3) is 2.65. The van der Waals surface area contributed by atoms with Crippen LogP contribution in [0.1, 0.15) is 5.56 Å². The normalized spacial score (nSPS) is 10.7.